The van der Waals surface area contributed by atoms with Gasteiger partial charge in [-0.15, -0.1) is 0 Å². The largest absolute Gasteiger partial charge is 0.227 e. The standard InChI is InChI=1S/C48H32N2/c1-3-14-33(15-4-1)36-19-11-20-37(30-36)38-21-12-22-39(31-38)40-23-13-24-41(32-40)46-45-29-28-35-18-7-8-26-43(35)47(45)50-48(49-46)44-27-10-9-25-42(44)34-16-5-2-6-17-34/h1-32H. The van der Waals surface area contributed by atoms with Crippen LogP contribution in [0.4, 0.5) is 0 Å². The van der Waals surface area contributed by atoms with Crippen LogP contribution in [-0.4, -0.2) is 9.97 Å². The highest BCUT2D eigenvalue weighted by Gasteiger charge is 2.17. The van der Waals surface area contributed by atoms with Gasteiger partial charge in [0.1, 0.15) is 0 Å². The summed E-state index contributed by atoms with van der Waals surface area (Å²) in [7, 11) is 0. The molecule has 0 saturated heterocycles. The van der Waals surface area contributed by atoms with Gasteiger partial charge in [0.2, 0.25) is 0 Å². The predicted octanol–water partition coefficient (Wildman–Crippen LogP) is 12.8. The summed E-state index contributed by atoms with van der Waals surface area (Å²) in [4.78, 5) is 10.7. The number of hydrogen-bond donors (Lipinski definition) is 0. The summed E-state index contributed by atoms with van der Waals surface area (Å²) in [6.45, 7) is 0. The molecule has 0 radical (unpaired) electrons. The number of benzene rings is 8. The second kappa shape index (κ2) is 12.8. The van der Waals surface area contributed by atoms with Crippen molar-refractivity contribution in [2.24, 2.45) is 0 Å². The predicted molar refractivity (Wildman–Crippen MR) is 210 cm³/mol. The molecule has 0 amide bonds. The average Bonchev–Trinajstić information content (AvgIpc) is 3.21. The second-order valence-electron chi connectivity index (χ2n) is 12.6. The van der Waals surface area contributed by atoms with E-state index in [9.17, 15) is 0 Å². The minimum Gasteiger partial charge on any atom is -0.227 e. The van der Waals surface area contributed by atoms with E-state index in [0.717, 1.165) is 60.8 Å². The molecular weight excluding hydrogens is 605 g/mol. The van der Waals surface area contributed by atoms with Crippen LogP contribution >= 0.6 is 0 Å². The van der Waals surface area contributed by atoms with Crippen molar-refractivity contribution in [3.05, 3.63) is 194 Å². The Balaban J connectivity index is 1.19. The zero-order valence-corrected chi connectivity index (χ0v) is 27.4. The average molecular weight is 637 g/mol. The molecule has 0 atom stereocenters. The van der Waals surface area contributed by atoms with Gasteiger partial charge in [-0.3, -0.25) is 0 Å². The molecule has 8 aromatic carbocycles. The highest BCUT2D eigenvalue weighted by molar-refractivity contribution is 6.10. The Kier molecular flexibility index (Phi) is 7.53. The fourth-order valence-electron chi connectivity index (χ4n) is 6.99. The molecule has 0 fully saturated rings. The Bertz CT molecular complexity index is 2640. The first-order chi connectivity index (χ1) is 24.8. The Morgan fingerprint density at radius 3 is 1.42 bits per heavy atom. The Morgan fingerprint density at radius 2 is 0.760 bits per heavy atom. The van der Waals surface area contributed by atoms with Gasteiger partial charge in [0.25, 0.3) is 0 Å². The molecule has 2 heteroatoms. The van der Waals surface area contributed by atoms with Gasteiger partial charge >= 0.3 is 0 Å². The van der Waals surface area contributed by atoms with E-state index in [-0.39, 0.29) is 0 Å². The van der Waals surface area contributed by atoms with Crippen molar-refractivity contribution in [3.63, 3.8) is 0 Å². The van der Waals surface area contributed by atoms with E-state index in [1.54, 1.807) is 0 Å². The van der Waals surface area contributed by atoms with Crippen LogP contribution in [0.2, 0.25) is 0 Å². The molecule has 1 aromatic heterocycles. The number of nitrogens with zero attached hydrogens (tertiary/aromatic N) is 2. The molecule has 0 unspecified atom stereocenters. The monoisotopic (exact) mass is 636 g/mol. The van der Waals surface area contributed by atoms with Gasteiger partial charge in [-0.25, -0.2) is 9.97 Å². The fraction of sp³-hybridized carbons (Fsp3) is 0. The van der Waals surface area contributed by atoms with Crippen molar-refractivity contribution in [2.45, 2.75) is 0 Å². The number of fused-ring (bicyclic) bond motifs is 3. The lowest BCUT2D eigenvalue weighted by atomic mass is 9.94. The summed E-state index contributed by atoms with van der Waals surface area (Å²) < 4.78 is 0. The van der Waals surface area contributed by atoms with Gasteiger partial charge in [-0.05, 0) is 74.2 Å². The summed E-state index contributed by atoms with van der Waals surface area (Å²) in [5, 5.41) is 3.32. The Hall–Kier alpha value is -6.64. The third kappa shape index (κ3) is 5.53. The van der Waals surface area contributed by atoms with Crippen LogP contribution < -0.4 is 0 Å². The van der Waals surface area contributed by atoms with E-state index in [1.807, 2.05) is 6.07 Å². The van der Waals surface area contributed by atoms with Gasteiger partial charge in [0.05, 0.1) is 11.2 Å². The number of aromatic nitrogens is 2. The Labute approximate surface area is 292 Å². The first-order valence-electron chi connectivity index (χ1n) is 17.0. The van der Waals surface area contributed by atoms with Gasteiger partial charge in [0.15, 0.2) is 5.82 Å². The van der Waals surface area contributed by atoms with E-state index in [2.05, 4.69) is 188 Å². The van der Waals surface area contributed by atoms with Crippen LogP contribution in [0.15, 0.2) is 194 Å². The maximum Gasteiger partial charge on any atom is 0.161 e. The van der Waals surface area contributed by atoms with Crippen molar-refractivity contribution in [2.75, 3.05) is 0 Å². The molecule has 9 aromatic rings. The minimum absolute atomic E-state index is 0.717. The molecular formula is C48H32N2. The van der Waals surface area contributed by atoms with Crippen molar-refractivity contribution >= 4 is 21.7 Å². The lowest BCUT2D eigenvalue weighted by Crippen LogP contribution is -1.97. The maximum atomic E-state index is 5.36. The topological polar surface area (TPSA) is 25.8 Å². The first kappa shape index (κ1) is 29.5. The summed E-state index contributed by atoms with van der Waals surface area (Å²) in [5.74, 6) is 0.717. The molecule has 0 aliphatic heterocycles. The third-order valence-corrected chi connectivity index (χ3v) is 9.48. The van der Waals surface area contributed by atoms with Crippen LogP contribution in [-0.2, 0) is 0 Å². The lowest BCUT2D eigenvalue weighted by Gasteiger charge is -2.15. The molecule has 0 aliphatic rings. The van der Waals surface area contributed by atoms with E-state index >= 15 is 0 Å². The van der Waals surface area contributed by atoms with E-state index < -0.39 is 0 Å². The summed E-state index contributed by atoms with van der Waals surface area (Å²) >= 11 is 0. The van der Waals surface area contributed by atoms with Crippen molar-refractivity contribution < 1.29 is 0 Å². The lowest BCUT2D eigenvalue weighted by molar-refractivity contribution is 1.23. The van der Waals surface area contributed by atoms with Crippen LogP contribution in [0.5, 0.6) is 0 Å². The van der Waals surface area contributed by atoms with Crippen molar-refractivity contribution in [1.29, 1.82) is 0 Å². The summed E-state index contributed by atoms with van der Waals surface area (Å²) in [5.41, 5.74) is 13.3. The summed E-state index contributed by atoms with van der Waals surface area (Å²) in [6, 6.07) is 68.7. The van der Waals surface area contributed by atoms with Crippen molar-refractivity contribution in [1.82, 2.24) is 9.97 Å². The zero-order chi connectivity index (χ0) is 33.3. The number of rotatable bonds is 6. The van der Waals surface area contributed by atoms with Gasteiger partial charge in [0, 0.05) is 21.9 Å². The molecule has 0 aliphatic carbocycles. The SMILES string of the molecule is c1ccc(-c2cccc(-c3cccc(-c4cccc(-c5nc(-c6ccccc6-c6ccccc6)nc6c5ccc5ccccc56)c4)c3)c2)cc1. The van der Waals surface area contributed by atoms with Crippen LogP contribution in [0.3, 0.4) is 0 Å². The van der Waals surface area contributed by atoms with Crippen LogP contribution in [0.25, 0.3) is 88.8 Å². The molecule has 0 spiro atoms. The quantitative estimate of drug-likeness (QED) is 0.170. The molecule has 9 rings (SSSR count). The third-order valence-electron chi connectivity index (χ3n) is 9.48. The smallest absolute Gasteiger partial charge is 0.161 e. The van der Waals surface area contributed by atoms with E-state index in [0.29, 0.717) is 5.82 Å². The first-order valence-corrected chi connectivity index (χ1v) is 17.0. The summed E-state index contributed by atoms with van der Waals surface area (Å²) in [6.07, 6.45) is 0. The van der Waals surface area contributed by atoms with Crippen LogP contribution in [0, 0.1) is 0 Å². The second-order valence-corrected chi connectivity index (χ2v) is 12.6. The normalized spacial score (nSPS) is 11.2. The molecule has 234 valence electrons. The Morgan fingerprint density at radius 1 is 0.280 bits per heavy atom. The molecule has 0 N–H and O–H groups in total. The number of hydrogen-bond acceptors (Lipinski definition) is 2. The molecule has 50 heavy (non-hydrogen) atoms. The van der Waals surface area contributed by atoms with Crippen molar-refractivity contribution in [3.8, 4) is 67.2 Å². The zero-order valence-electron chi connectivity index (χ0n) is 27.4. The fourth-order valence-corrected chi connectivity index (χ4v) is 6.99. The maximum absolute atomic E-state index is 5.36. The minimum atomic E-state index is 0.717. The molecule has 2 nitrogen and oxygen atoms in total. The highest BCUT2D eigenvalue weighted by atomic mass is 14.9. The molecule has 0 saturated carbocycles. The molecule has 1 heterocycles. The van der Waals surface area contributed by atoms with Gasteiger partial charge in [-0.1, -0.05) is 170 Å². The molecule has 0 bridgehead atoms. The van der Waals surface area contributed by atoms with Gasteiger partial charge in [-0.2, -0.15) is 0 Å². The van der Waals surface area contributed by atoms with E-state index in [4.69, 9.17) is 9.97 Å². The van der Waals surface area contributed by atoms with E-state index in [1.165, 1.54) is 22.3 Å². The van der Waals surface area contributed by atoms with Crippen LogP contribution in [0.1, 0.15) is 0 Å². The van der Waals surface area contributed by atoms with Gasteiger partial charge < -0.3 is 0 Å². The highest BCUT2D eigenvalue weighted by Crippen LogP contribution is 2.38.